The lowest BCUT2D eigenvalue weighted by molar-refractivity contribution is -0.130. The zero-order valence-electron chi connectivity index (χ0n) is 17.6. The Morgan fingerprint density at radius 3 is 2.88 bits per heavy atom. The number of hydrogen-bond donors (Lipinski definition) is 2. The van der Waals surface area contributed by atoms with Crippen molar-refractivity contribution in [1.82, 2.24) is 25.7 Å². The first-order chi connectivity index (χ1) is 15.6. The molecule has 3 fully saturated rings. The maximum Gasteiger partial charge on any atom is 0.250 e. The maximum atomic E-state index is 14.0. The smallest absolute Gasteiger partial charge is 0.250 e. The molecule has 3 atom stereocenters. The number of benzene rings is 1. The second kappa shape index (κ2) is 8.95. The van der Waals surface area contributed by atoms with Gasteiger partial charge in [-0.05, 0) is 31.4 Å². The third-order valence-electron chi connectivity index (χ3n) is 6.54. The SMILES string of the molecule is O=C(N[C@H]1C[C@H]2C(=O)NC[C@@H](Cc3nnc(-c4ccccc4F)o3)N2C1)C1CCOCC1. The van der Waals surface area contributed by atoms with E-state index in [2.05, 4.69) is 25.7 Å². The van der Waals surface area contributed by atoms with Gasteiger partial charge in [-0.15, -0.1) is 10.2 Å². The molecule has 10 heteroatoms. The number of halogens is 1. The fourth-order valence-electron chi connectivity index (χ4n) is 4.83. The summed E-state index contributed by atoms with van der Waals surface area (Å²) in [6.45, 7) is 2.27. The average molecular weight is 443 g/mol. The monoisotopic (exact) mass is 443 g/mol. The van der Waals surface area contributed by atoms with Gasteiger partial charge in [-0.1, -0.05) is 12.1 Å². The van der Waals surface area contributed by atoms with Gasteiger partial charge in [0.25, 0.3) is 5.89 Å². The van der Waals surface area contributed by atoms with Crippen LogP contribution in [0.3, 0.4) is 0 Å². The van der Waals surface area contributed by atoms with Crippen LogP contribution in [0.2, 0.25) is 0 Å². The molecule has 0 aliphatic carbocycles. The summed E-state index contributed by atoms with van der Waals surface area (Å²) < 4.78 is 25.1. The summed E-state index contributed by atoms with van der Waals surface area (Å²) in [4.78, 5) is 27.2. The number of amides is 2. The highest BCUT2D eigenvalue weighted by atomic mass is 19.1. The van der Waals surface area contributed by atoms with Crippen molar-refractivity contribution in [3.63, 3.8) is 0 Å². The van der Waals surface area contributed by atoms with E-state index in [0.29, 0.717) is 45.0 Å². The molecule has 2 amide bonds. The van der Waals surface area contributed by atoms with Crippen molar-refractivity contribution in [2.75, 3.05) is 26.3 Å². The number of hydrogen-bond acceptors (Lipinski definition) is 7. The molecule has 170 valence electrons. The van der Waals surface area contributed by atoms with Gasteiger partial charge < -0.3 is 19.8 Å². The van der Waals surface area contributed by atoms with Gasteiger partial charge in [-0.3, -0.25) is 14.5 Å². The minimum absolute atomic E-state index is 0.0263. The number of aromatic nitrogens is 2. The molecule has 2 N–H and O–H groups in total. The van der Waals surface area contributed by atoms with Crippen molar-refractivity contribution in [3.8, 4) is 11.5 Å². The number of rotatable bonds is 5. The van der Waals surface area contributed by atoms with E-state index >= 15 is 0 Å². The average Bonchev–Trinajstić information content (AvgIpc) is 3.44. The number of carbonyl (C=O) groups excluding carboxylic acids is 2. The summed E-state index contributed by atoms with van der Waals surface area (Å²) >= 11 is 0. The van der Waals surface area contributed by atoms with Crippen LogP contribution in [0.25, 0.3) is 11.5 Å². The normalized spacial score (nSPS) is 26.5. The Hall–Kier alpha value is -2.85. The van der Waals surface area contributed by atoms with Gasteiger partial charge in [-0.2, -0.15) is 0 Å². The molecular formula is C22H26FN5O4. The van der Waals surface area contributed by atoms with Gasteiger partial charge in [-0.25, -0.2) is 4.39 Å². The largest absolute Gasteiger partial charge is 0.421 e. The molecule has 3 aliphatic rings. The number of ether oxygens (including phenoxy) is 1. The van der Waals surface area contributed by atoms with Crippen LogP contribution >= 0.6 is 0 Å². The van der Waals surface area contributed by atoms with E-state index in [0.717, 1.165) is 12.8 Å². The fourth-order valence-corrected chi connectivity index (χ4v) is 4.83. The van der Waals surface area contributed by atoms with E-state index in [4.69, 9.17) is 9.15 Å². The van der Waals surface area contributed by atoms with Gasteiger partial charge in [0, 0.05) is 50.7 Å². The van der Waals surface area contributed by atoms with E-state index in [1.807, 2.05) is 0 Å². The molecular weight excluding hydrogens is 417 g/mol. The fraction of sp³-hybridized carbons (Fsp3) is 0.545. The van der Waals surface area contributed by atoms with Crippen LogP contribution < -0.4 is 10.6 Å². The molecule has 0 bridgehead atoms. The van der Waals surface area contributed by atoms with Crippen molar-refractivity contribution in [1.29, 1.82) is 0 Å². The zero-order chi connectivity index (χ0) is 22.1. The molecule has 2 aromatic rings. The Morgan fingerprint density at radius 2 is 2.06 bits per heavy atom. The van der Waals surface area contributed by atoms with E-state index in [9.17, 15) is 14.0 Å². The molecule has 0 unspecified atom stereocenters. The van der Waals surface area contributed by atoms with Gasteiger partial charge in [0.2, 0.25) is 17.7 Å². The molecule has 4 heterocycles. The molecule has 3 aliphatic heterocycles. The summed E-state index contributed by atoms with van der Waals surface area (Å²) in [6, 6.07) is 5.82. The van der Waals surface area contributed by atoms with E-state index < -0.39 is 5.82 Å². The van der Waals surface area contributed by atoms with Gasteiger partial charge in [0.05, 0.1) is 11.6 Å². The molecule has 32 heavy (non-hydrogen) atoms. The molecule has 3 saturated heterocycles. The lowest BCUT2D eigenvalue weighted by Gasteiger charge is -2.36. The molecule has 9 nitrogen and oxygen atoms in total. The van der Waals surface area contributed by atoms with E-state index in [1.54, 1.807) is 18.2 Å². The number of fused-ring (bicyclic) bond motifs is 1. The van der Waals surface area contributed by atoms with Crippen molar-refractivity contribution in [2.45, 2.75) is 43.8 Å². The summed E-state index contributed by atoms with van der Waals surface area (Å²) in [5.41, 5.74) is 0.262. The van der Waals surface area contributed by atoms with Gasteiger partial charge in [0.15, 0.2) is 0 Å². The summed E-state index contributed by atoms with van der Waals surface area (Å²) in [7, 11) is 0. The topological polar surface area (TPSA) is 110 Å². The highest BCUT2D eigenvalue weighted by Crippen LogP contribution is 2.27. The van der Waals surface area contributed by atoms with Crippen LogP contribution in [0.5, 0.6) is 0 Å². The van der Waals surface area contributed by atoms with Crippen LogP contribution in [0.4, 0.5) is 4.39 Å². The number of nitrogens with one attached hydrogen (secondary N) is 2. The first kappa shape index (κ1) is 21.0. The van der Waals surface area contributed by atoms with E-state index in [-0.39, 0.29) is 47.3 Å². The zero-order valence-corrected chi connectivity index (χ0v) is 17.6. The van der Waals surface area contributed by atoms with Gasteiger partial charge in [0.1, 0.15) is 5.82 Å². The summed E-state index contributed by atoms with van der Waals surface area (Å²) in [6.07, 6.45) is 2.47. The Kier molecular flexibility index (Phi) is 5.88. The third-order valence-corrected chi connectivity index (χ3v) is 6.54. The third kappa shape index (κ3) is 4.24. The first-order valence-electron chi connectivity index (χ1n) is 11.1. The summed E-state index contributed by atoms with van der Waals surface area (Å²) in [5.74, 6) is 0.0927. The van der Waals surface area contributed by atoms with Crippen molar-refractivity contribution in [3.05, 3.63) is 36.0 Å². The molecule has 0 radical (unpaired) electrons. The maximum absolute atomic E-state index is 14.0. The van der Waals surface area contributed by atoms with Crippen molar-refractivity contribution >= 4 is 11.8 Å². The Balaban J connectivity index is 1.24. The number of carbonyl (C=O) groups is 2. The van der Waals surface area contributed by atoms with Crippen molar-refractivity contribution < 1.29 is 23.1 Å². The quantitative estimate of drug-likeness (QED) is 0.707. The van der Waals surface area contributed by atoms with E-state index in [1.165, 1.54) is 6.07 Å². The minimum Gasteiger partial charge on any atom is -0.421 e. The highest BCUT2D eigenvalue weighted by Gasteiger charge is 2.44. The predicted molar refractivity (Wildman–Crippen MR) is 111 cm³/mol. The molecule has 0 saturated carbocycles. The van der Waals surface area contributed by atoms with Crippen LogP contribution in [0.15, 0.2) is 28.7 Å². The lowest BCUT2D eigenvalue weighted by atomic mass is 9.99. The molecule has 5 rings (SSSR count). The first-order valence-corrected chi connectivity index (χ1v) is 11.1. The Morgan fingerprint density at radius 1 is 1.25 bits per heavy atom. The standard InChI is InChI=1S/C22H26FN5O4/c23-17-4-2-1-3-16(17)22-27-26-19(32-22)10-15-11-24-21(30)18-9-14(12-28(15)18)25-20(29)13-5-7-31-8-6-13/h1-4,13-15,18H,5-12H2,(H,24,30)(H,25,29)/t14-,15+,18-/m0/s1. The molecule has 1 aromatic heterocycles. The number of nitrogens with zero attached hydrogens (tertiary/aromatic N) is 3. The second-order valence-corrected chi connectivity index (χ2v) is 8.62. The minimum atomic E-state index is -0.421. The predicted octanol–water partition coefficient (Wildman–Crippen LogP) is 0.902. The second-order valence-electron chi connectivity index (χ2n) is 8.62. The molecule has 0 spiro atoms. The summed E-state index contributed by atoms with van der Waals surface area (Å²) in [5, 5.41) is 14.2. The highest BCUT2D eigenvalue weighted by molar-refractivity contribution is 5.84. The van der Waals surface area contributed by atoms with Crippen molar-refractivity contribution in [2.24, 2.45) is 5.92 Å². The Labute approximate surface area is 184 Å². The van der Waals surface area contributed by atoms with Crippen LogP contribution in [-0.2, 0) is 20.7 Å². The van der Waals surface area contributed by atoms with Gasteiger partial charge >= 0.3 is 0 Å². The molecule has 1 aromatic carbocycles. The lowest BCUT2D eigenvalue weighted by Crippen LogP contribution is -2.58. The van der Waals surface area contributed by atoms with Crippen LogP contribution in [0.1, 0.15) is 25.2 Å². The van der Waals surface area contributed by atoms with Crippen LogP contribution in [-0.4, -0.2) is 71.3 Å². The van der Waals surface area contributed by atoms with Crippen LogP contribution in [0, 0.1) is 11.7 Å². The Bertz CT molecular complexity index is 992. The number of piperazine rings is 1.